The molecule has 24 heavy (non-hydrogen) atoms. The van der Waals surface area contributed by atoms with Gasteiger partial charge in [0.15, 0.2) is 0 Å². The summed E-state index contributed by atoms with van der Waals surface area (Å²) in [6.07, 6.45) is 6.11. The molecule has 0 atom stereocenters. The zero-order valence-corrected chi connectivity index (χ0v) is 13.4. The average Bonchev–Trinajstić information content (AvgIpc) is 3.14. The van der Waals surface area contributed by atoms with E-state index in [-0.39, 0.29) is 17.7 Å². The van der Waals surface area contributed by atoms with E-state index >= 15 is 0 Å². The van der Waals surface area contributed by atoms with Crippen molar-refractivity contribution < 1.29 is 14.0 Å². The Morgan fingerprint density at radius 3 is 2.50 bits per heavy atom. The third-order valence-corrected chi connectivity index (χ3v) is 4.15. The van der Waals surface area contributed by atoms with E-state index in [0.29, 0.717) is 31.7 Å². The number of piperidine rings is 1. The summed E-state index contributed by atoms with van der Waals surface area (Å²) >= 11 is 0. The van der Waals surface area contributed by atoms with E-state index in [9.17, 15) is 9.59 Å². The number of para-hydroxylation sites is 1. The lowest BCUT2D eigenvalue weighted by Crippen LogP contribution is -2.40. The number of nitrogens with one attached hydrogen (secondary N) is 1. The first-order chi connectivity index (χ1) is 11.7. The van der Waals surface area contributed by atoms with Crippen LogP contribution in [0.5, 0.6) is 0 Å². The fourth-order valence-corrected chi connectivity index (χ4v) is 2.77. The van der Waals surface area contributed by atoms with Gasteiger partial charge in [0, 0.05) is 30.8 Å². The highest BCUT2D eigenvalue weighted by molar-refractivity contribution is 5.93. The Labute approximate surface area is 141 Å². The molecular formula is C19H20N2O3. The van der Waals surface area contributed by atoms with Gasteiger partial charge in [-0.2, -0.15) is 0 Å². The Balaban J connectivity index is 1.48. The van der Waals surface area contributed by atoms with E-state index in [2.05, 4.69) is 5.32 Å². The largest absolute Gasteiger partial charge is 0.465 e. The first kappa shape index (κ1) is 16.1. The van der Waals surface area contributed by atoms with Crippen LogP contribution in [0.15, 0.2) is 59.2 Å². The molecule has 0 unspecified atom stereocenters. The lowest BCUT2D eigenvalue weighted by atomic mass is 9.95. The number of furan rings is 1. The number of benzene rings is 1. The fourth-order valence-electron chi connectivity index (χ4n) is 2.77. The van der Waals surface area contributed by atoms with Crippen LogP contribution in [0.3, 0.4) is 0 Å². The SMILES string of the molecule is O=C(Nc1ccccc1)C1CCN(C(=O)/C=C/c2ccco2)CC1. The Morgan fingerprint density at radius 1 is 1.08 bits per heavy atom. The summed E-state index contributed by atoms with van der Waals surface area (Å²) in [5.41, 5.74) is 0.808. The molecule has 1 fully saturated rings. The first-order valence-corrected chi connectivity index (χ1v) is 8.09. The number of hydrogen-bond acceptors (Lipinski definition) is 3. The quantitative estimate of drug-likeness (QED) is 0.879. The molecule has 0 bridgehead atoms. The van der Waals surface area contributed by atoms with Crippen molar-refractivity contribution >= 4 is 23.6 Å². The molecule has 5 heteroatoms. The minimum atomic E-state index is -0.0525. The molecule has 3 rings (SSSR count). The number of carbonyl (C=O) groups excluding carboxylic acids is 2. The van der Waals surface area contributed by atoms with Gasteiger partial charge in [0.2, 0.25) is 11.8 Å². The summed E-state index contributed by atoms with van der Waals surface area (Å²) in [6, 6.07) is 13.0. The first-order valence-electron chi connectivity index (χ1n) is 8.09. The number of amides is 2. The molecule has 0 radical (unpaired) electrons. The molecule has 1 aliphatic rings. The monoisotopic (exact) mass is 324 g/mol. The standard InChI is InChI=1S/C19H20N2O3/c22-18(9-8-17-7-4-14-24-17)21-12-10-15(11-13-21)19(23)20-16-5-2-1-3-6-16/h1-9,14-15H,10-13H2,(H,20,23)/b9-8+. The van der Waals surface area contributed by atoms with E-state index in [1.165, 1.54) is 6.08 Å². The van der Waals surface area contributed by atoms with E-state index < -0.39 is 0 Å². The Kier molecular flexibility index (Phi) is 5.11. The number of likely N-dealkylation sites (tertiary alicyclic amines) is 1. The summed E-state index contributed by atoms with van der Waals surface area (Å²) in [6.45, 7) is 1.18. The third-order valence-electron chi connectivity index (χ3n) is 4.15. The maximum Gasteiger partial charge on any atom is 0.246 e. The summed E-state index contributed by atoms with van der Waals surface area (Å²) in [7, 11) is 0. The van der Waals surface area contributed by atoms with Crippen LogP contribution < -0.4 is 5.32 Å². The van der Waals surface area contributed by atoms with Gasteiger partial charge < -0.3 is 14.6 Å². The van der Waals surface area contributed by atoms with Gasteiger partial charge in [0.1, 0.15) is 5.76 Å². The highest BCUT2D eigenvalue weighted by Gasteiger charge is 2.26. The molecule has 1 aromatic heterocycles. The molecule has 1 saturated heterocycles. The Hall–Kier alpha value is -2.82. The van der Waals surface area contributed by atoms with Gasteiger partial charge in [-0.1, -0.05) is 18.2 Å². The number of hydrogen-bond donors (Lipinski definition) is 1. The smallest absolute Gasteiger partial charge is 0.246 e. The topological polar surface area (TPSA) is 62.6 Å². The zero-order valence-electron chi connectivity index (χ0n) is 13.4. The molecule has 5 nitrogen and oxygen atoms in total. The van der Waals surface area contributed by atoms with Crippen LogP contribution in [0.2, 0.25) is 0 Å². The number of nitrogens with zero attached hydrogens (tertiary/aromatic N) is 1. The second-order valence-corrected chi connectivity index (χ2v) is 5.80. The van der Waals surface area contributed by atoms with Crippen LogP contribution in [-0.4, -0.2) is 29.8 Å². The molecule has 2 amide bonds. The lowest BCUT2D eigenvalue weighted by molar-refractivity contribution is -0.130. The second-order valence-electron chi connectivity index (χ2n) is 5.80. The van der Waals surface area contributed by atoms with Gasteiger partial charge in [-0.05, 0) is 43.2 Å². The second kappa shape index (κ2) is 7.64. The predicted octanol–water partition coefficient (Wildman–Crippen LogP) is 3.17. The molecule has 1 aromatic carbocycles. The Morgan fingerprint density at radius 2 is 1.83 bits per heavy atom. The van der Waals surface area contributed by atoms with E-state index in [1.54, 1.807) is 29.4 Å². The van der Waals surface area contributed by atoms with Crippen LogP contribution in [0, 0.1) is 5.92 Å². The van der Waals surface area contributed by atoms with Crippen molar-refractivity contribution in [1.29, 1.82) is 0 Å². The number of carbonyl (C=O) groups is 2. The average molecular weight is 324 g/mol. The van der Waals surface area contributed by atoms with Crippen LogP contribution in [-0.2, 0) is 9.59 Å². The molecule has 2 heterocycles. The molecule has 0 spiro atoms. The molecular weight excluding hydrogens is 304 g/mol. The Bertz CT molecular complexity index is 699. The normalized spacial score (nSPS) is 15.6. The molecule has 0 saturated carbocycles. The fraction of sp³-hybridized carbons (Fsp3) is 0.263. The molecule has 1 N–H and O–H groups in total. The number of rotatable bonds is 4. The maximum atomic E-state index is 12.3. The van der Waals surface area contributed by atoms with Crippen molar-refractivity contribution in [1.82, 2.24) is 4.90 Å². The van der Waals surface area contributed by atoms with Gasteiger partial charge in [-0.15, -0.1) is 0 Å². The molecule has 1 aliphatic heterocycles. The zero-order chi connectivity index (χ0) is 16.8. The van der Waals surface area contributed by atoms with Gasteiger partial charge >= 0.3 is 0 Å². The van der Waals surface area contributed by atoms with Gasteiger partial charge in [0.25, 0.3) is 0 Å². The lowest BCUT2D eigenvalue weighted by Gasteiger charge is -2.30. The molecule has 2 aromatic rings. The van der Waals surface area contributed by atoms with Crippen molar-refractivity contribution in [3.8, 4) is 0 Å². The van der Waals surface area contributed by atoms with Crippen molar-refractivity contribution in [2.24, 2.45) is 5.92 Å². The maximum absolute atomic E-state index is 12.3. The van der Waals surface area contributed by atoms with Crippen molar-refractivity contribution in [2.45, 2.75) is 12.8 Å². The summed E-state index contributed by atoms with van der Waals surface area (Å²) in [5, 5.41) is 2.93. The van der Waals surface area contributed by atoms with Crippen LogP contribution in [0.25, 0.3) is 6.08 Å². The van der Waals surface area contributed by atoms with Crippen molar-refractivity contribution in [3.63, 3.8) is 0 Å². The minimum Gasteiger partial charge on any atom is -0.465 e. The summed E-state index contributed by atoms with van der Waals surface area (Å²) in [4.78, 5) is 26.2. The minimum absolute atomic E-state index is 0.0272. The van der Waals surface area contributed by atoms with E-state index in [1.807, 2.05) is 30.3 Å². The summed E-state index contributed by atoms with van der Waals surface area (Å²) in [5.74, 6) is 0.580. The van der Waals surface area contributed by atoms with Gasteiger partial charge in [-0.3, -0.25) is 9.59 Å². The molecule has 124 valence electrons. The molecule has 0 aliphatic carbocycles. The van der Waals surface area contributed by atoms with Crippen LogP contribution >= 0.6 is 0 Å². The van der Waals surface area contributed by atoms with Crippen molar-refractivity contribution in [3.05, 3.63) is 60.6 Å². The summed E-state index contributed by atoms with van der Waals surface area (Å²) < 4.78 is 5.17. The number of anilines is 1. The van der Waals surface area contributed by atoms with E-state index in [4.69, 9.17) is 4.42 Å². The third kappa shape index (κ3) is 4.13. The van der Waals surface area contributed by atoms with Crippen LogP contribution in [0.4, 0.5) is 5.69 Å². The van der Waals surface area contributed by atoms with Gasteiger partial charge in [0.05, 0.1) is 6.26 Å². The van der Waals surface area contributed by atoms with Crippen molar-refractivity contribution in [2.75, 3.05) is 18.4 Å². The highest BCUT2D eigenvalue weighted by atomic mass is 16.3. The van der Waals surface area contributed by atoms with Crippen LogP contribution in [0.1, 0.15) is 18.6 Å². The predicted molar refractivity (Wildman–Crippen MR) is 92.1 cm³/mol. The van der Waals surface area contributed by atoms with Gasteiger partial charge in [-0.25, -0.2) is 0 Å². The van der Waals surface area contributed by atoms with E-state index in [0.717, 1.165) is 5.69 Å². The highest BCUT2D eigenvalue weighted by Crippen LogP contribution is 2.20.